The number of carbonyl (C=O) groups is 1. The zero-order valence-corrected chi connectivity index (χ0v) is 7.45. The lowest BCUT2D eigenvalue weighted by molar-refractivity contribution is -0.109. The SMILES string of the molecule is CCCCCl.CCNC=O. The highest BCUT2D eigenvalue weighted by molar-refractivity contribution is 6.17. The van der Waals surface area contributed by atoms with Crippen LogP contribution in [0.2, 0.25) is 0 Å². The molecule has 0 aromatic carbocycles. The molecule has 0 spiro atoms. The summed E-state index contributed by atoms with van der Waals surface area (Å²) in [6.07, 6.45) is 3.05. The smallest absolute Gasteiger partial charge is 0.207 e. The number of unbranched alkanes of at least 4 members (excludes halogenated alkanes) is 1. The van der Waals surface area contributed by atoms with E-state index in [4.69, 9.17) is 11.6 Å². The molecule has 0 saturated carbocycles. The van der Waals surface area contributed by atoms with Crippen LogP contribution in [-0.4, -0.2) is 18.8 Å². The lowest BCUT2D eigenvalue weighted by Crippen LogP contribution is -2.07. The highest BCUT2D eigenvalue weighted by atomic mass is 35.5. The molecule has 0 atom stereocenters. The lowest BCUT2D eigenvalue weighted by atomic mass is 10.4. The molecule has 1 N–H and O–H groups in total. The van der Waals surface area contributed by atoms with E-state index in [1.54, 1.807) is 0 Å². The van der Waals surface area contributed by atoms with Crippen molar-refractivity contribution in [3.05, 3.63) is 0 Å². The summed E-state index contributed by atoms with van der Waals surface area (Å²) in [6.45, 7) is 4.72. The molecule has 0 fully saturated rings. The molecular weight excluding hydrogens is 150 g/mol. The summed E-state index contributed by atoms with van der Waals surface area (Å²) in [5.41, 5.74) is 0. The van der Waals surface area contributed by atoms with Crippen molar-refractivity contribution >= 4 is 18.0 Å². The van der Waals surface area contributed by atoms with Crippen LogP contribution in [0.4, 0.5) is 0 Å². The Morgan fingerprint density at radius 3 is 2.10 bits per heavy atom. The molecule has 0 radical (unpaired) electrons. The Labute approximate surface area is 67.9 Å². The van der Waals surface area contributed by atoms with E-state index < -0.39 is 0 Å². The Bertz CT molecular complexity index is 57.6. The van der Waals surface area contributed by atoms with Crippen LogP contribution >= 0.6 is 11.6 Å². The van der Waals surface area contributed by atoms with Crippen molar-refractivity contribution in [1.82, 2.24) is 5.32 Å². The van der Waals surface area contributed by atoms with Gasteiger partial charge in [-0.1, -0.05) is 13.3 Å². The number of hydrogen-bond donors (Lipinski definition) is 1. The monoisotopic (exact) mass is 165 g/mol. The van der Waals surface area contributed by atoms with Gasteiger partial charge in [0.25, 0.3) is 0 Å². The summed E-state index contributed by atoms with van der Waals surface area (Å²) in [4.78, 5) is 9.29. The quantitative estimate of drug-likeness (QED) is 0.500. The standard InChI is InChI=1S/C4H9Cl.C3H7NO/c1-2-3-4-5;1-2-4-3-5/h2-4H2,1H3;3H,2H2,1H3,(H,4,5). The molecular formula is C7H16ClNO. The number of hydrogen-bond acceptors (Lipinski definition) is 1. The van der Waals surface area contributed by atoms with E-state index in [0.29, 0.717) is 6.41 Å². The first-order valence-electron chi connectivity index (χ1n) is 3.56. The van der Waals surface area contributed by atoms with E-state index in [1.807, 2.05) is 6.92 Å². The van der Waals surface area contributed by atoms with Crippen LogP contribution in [0.5, 0.6) is 0 Å². The Morgan fingerprint density at radius 2 is 2.10 bits per heavy atom. The molecule has 62 valence electrons. The van der Waals surface area contributed by atoms with E-state index >= 15 is 0 Å². The van der Waals surface area contributed by atoms with Gasteiger partial charge in [0.15, 0.2) is 0 Å². The Balaban J connectivity index is 0. The van der Waals surface area contributed by atoms with Gasteiger partial charge in [-0.25, -0.2) is 0 Å². The van der Waals surface area contributed by atoms with Gasteiger partial charge in [-0.3, -0.25) is 4.79 Å². The third-order valence-corrected chi connectivity index (χ3v) is 1.04. The third kappa shape index (κ3) is 25.1. The normalized spacial score (nSPS) is 7.50. The fraction of sp³-hybridized carbons (Fsp3) is 0.857. The van der Waals surface area contributed by atoms with Crippen LogP contribution in [0.15, 0.2) is 0 Å². The van der Waals surface area contributed by atoms with Crippen molar-refractivity contribution in [2.45, 2.75) is 26.7 Å². The van der Waals surface area contributed by atoms with Crippen LogP contribution in [0.25, 0.3) is 0 Å². The molecule has 0 saturated heterocycles. The van der Waals surface area contributed by atoms with Crippen LogP contribution in [0.3, 0.4) is 0 Å². The van der Waals surface area contributed by atoms with Crippen molar-refractivity contribution in [3.63, 3.8) is 0 Å². The Hall–Kier alpha value is -0.240. The maximum atomic E-state index is 9.29. The van der Waals surface area contributed by atoms with Gasteiger partial charge < -0.3 is 5.32 Å². The fourth-order valence-electron chi connectivity index (χ4n) is 0.217. The summed E-state index contributed by atoms with van der Waals surface area (Å²) in [6, 6.07) is 0. The molecule has 0 aliphatic carbocycles. The van der Waals surface area contributed by atoms with Crippen LogP contribution in [0, 0.1) is 0 Å². The third-order valence-electron chi connectivity index (χ3n) is 0.775. The van der Waals surface area contributed by atoms with Gasteiger partial charge in [0, 0.05) is 12.4 Å². The lowest BCUT2D eigenvalue weighted by Gasteiger charge is -1.78. The zero-order valence-electron chi connectivity index (χ0n) is 6.69. The summed E-state index contributed by atoms with van der Waals surface area (Å²) < 4.78 is 0. The van der Waals surface area contributed by atoms with E-state index in [0.717, 1.165) is 18.8 Å². The Morgan fingerprint density at radius 1 is 1.50 bits per heavy atom. The maximum absolute atomic E-state index is 9.29. The molecule has 0 aromatic heterocycles. The molecule has 0 aliphatic heterocycles. The molecule has 0 aromatic rings. The van der Waals surface area contributed by atoms with E-state index in [1.165, 1.54) is 6.42 Å². The molecule has 2 nitrogen and oxygen atoms in total. The summed E-state index contributed by atoms with van der Waals surface area (Å²) in [5, 5.41) is 2.43. The zero-order chi connectivity index (χ0) is 8.24. The second kappa shape index (κ2) is 15.9. The molecule has 0 bridgehead atoms. The predicted octanol–water partition coefficient (Wildman–Crippen LogP) is 1.78. The molecule has 3 heteroatoms. The molecule has 1 amide bonds. The number of amides is 1. The van der Waals surface area contributed by atoms with Crippen molar-refractivity contribution in [2.75, 3.05) is 12.4 Å². The number of halogens is 1. The maximum Gasteiger partial charge on any atom is 0.207 e. The van der Waals surface area contributed by atoms with Gasteiger partial charge in [0.1, 0.15) is 0 Å². The minimum atomic E-state index is 0.681. The van der Waals surface area contributed by atoms with Gasteiger partial charge in [0.05, 0.1) is 0 Å². The molecule has 0 heterocycles. The van der Waals surface area contributed by atoms with Crippen molar-refractivity contribution in [2.24, 2.45) is 0 Å². The first kappa shape index (κ1) is 12.4. The van der Waals surface area contributed by atoms with Crippen LogP contribution in [-0.2, 0) is 4.79 Å². The van der Waals surface area contributed by atoms with Crippen LogP contribution < -0.4 is 5.32 Å². The number of alkyl halides is 1. The number of nitrogens with one attached hydrogen (secondary N) is 1. The Kier molecular flexibility index (Phi) is 19.8. The van der Waals surface area contributed by atoms with Crippen molar-refractivity contribution in [1.29, 1.82) is 0 Å². The second-order valence-electron chi connectivity index (χ2n) is 1.72. The number of carbonyl (C=O) groups excluding carboxylic acids is 1. The van der Waals surface area contributed by atoms with E-state index in [-0.39, 0.29) is 0 Å². The van der Waals surface area contributed by atoms with Gasteiger partial charge >= 0.3 is 0 Å². The molecule has 0 unspecified atom stereocenters. The topological polar surface area (TPSA) is 29.1 Å². The second-order valence-corrected chi connectivity index (χ2v) is 2.10. The van der Waals surface area contributed by atoms with Crippen molar-refractivity contribution in [3.8, 4) is 0 Å². The highest BCUT2D eigenvalue weighted by Crippen LogP contribution is 1.86. The average molecular weight is 166 g/mol. The summed E-state index contributed by atoms with van der Waals surface area (Å²) in [5.74, 6) is 0.816. The first-order chi connectivity index (χ1) is 4.83. The van der Waals surface area contributed by atoms with Crippen molar-refractivity contribution < 1.29 is 4.79 Å². The van der Waals surface area contributed by atoms with Gasteiger partial charge in [-0.2, -0.15) is 0 Å². The molecule has 10 heavy (non-hydrogen) atoms. The fourth-order valence-corrected chi connectivity index (χ4v) is 0.484. The van der Waals surface area contributed by atoms with Gasteiger partial charge in [-0.05, 0) is 13.3 Å². The highest BCUT2D eigenvalue weighted by Gasteiger charge is 1.70. The minimum absolute atomic E-state index is 0.681. The van der Waals surface area contributed by atoms with Gasteiger partial charge in [-0.15, -0.1) is 11.6 Å². The van der Waals surface area contributed by atoms with Gasteiger partial charge in [0.2, 0.25) is 6.41 Å². The van der Waals surface area contributed by atoms with E-state index in [2.05, 4.69) is 12.2 Å². The largest absolute Gasteiger partial charge is 0.359 e. The number of rotatable bonds is 4. The van der Waals surface area contributed by atoms with Crippen LogP contribution in [0.1, 0.15) is 26.7 Å². The minimum Gasteiger partial charge on any atom is -0.359 e. The summed E-state index contributed by atoms with van der Waals surface area (Å²) in [7, 11) is 0. The first-order valence-corrected chi connectivity index (χ1v) is 4.09. The predicted molar refractivity (Wildman–Crippen MR) is 45.4 cm³/mol. The molecule has 0 aliphatic rings. The molecule has 0 rings (SSSR count). The average Bonchev–Trinajstić information content (AvgIpc) is 1.93. The summed E-state index contributed by atoms with van der Waals surface area (Å²) >= 11 is 5.30. The van der Waals surface area contributed by atoms with E-state index in [9.17, 15) is 4.79 Å².